The van der Waals surface area contributed by atoms with E-state index in [0.717, 1.165) is 13.0 Å². The summed E-state index contributed by atoms with van der Waals surface area (Å²) in [6.07, 6.45) is 3.57. The Labute approximate surface area is 122 Å². The van der Waals surface area contributed by atoms with Crippen molar-refractivity contribution in [3.8, 4) is 0 Å². The Bertz CT molecular complexity index is 225. The van der Waals surface area contributed by atoms with Gasteiger partial charge in [-0.2, -0.15) is 0 Å². The van der Waals surface area contributed by atoms with Gasteiger partial charge in [-0.3, -0.25) is 4.99 Å². The largest absolute Gasteiger partial charge is 0.370 e. The predicted molar refractivity (Wildman–Crippen MR) is 85.0 cm³/mol. The molecular weight excluding hydrogens is 327 g/mol. The van der Waals surface area contributed by atoms with Gasteiger partial charge in [0.15, 0.2) is 5.96 Å². The van der Waals surface area contributed by atoms with Gasteiger partial charge in [-0.1, -0.05) is 6.92 Å². The third-order valence-corrected chi connectivity index (χ3v) is 3.36. The van der Waals surface area contributed by atoms with Gasteiger partial charge in [-0.25, -0.2) is 0 Å². The molecule has 1 unspecified atom stereocenters. The quantitative estimate of drug-likeness (QED) is 0.459. The van der Waals surface area contributed by atoms with Crippen LogP contribution < -0.4 is 11.1 Å². The lowest BCUT2D eigenvalue weighted by Crippen LogP contribution is -2.39. The molecular formula is C12H27IN4. The molecule has 0 spiro atoms. The fraction of sp³-hybridized carbons (Fsp3) is 0.917. The number of nitrogens with zero attached hydrogens (tertiary/aromatic N) is 2. The van der Waals surface area contributed by atoms with E-state index in [-0.39, 0.29) is 24.0 Å². The molecule has 0 radical (unpaired) electrons. The number of rotatable bonds is 4. The Kier molecular flexibility index (Phi) is 8.94. The van der Waals surface area contributed by atoms with Crippen molar-refractivity contribution < 1.29 is 0 Å². The van der Waals surface area contributed by atoms with Crippen molar-refractivity contribution >= 4 is 29.9 Å². The maximum Gasteiger partial charge on any atom is 0.188 e. The fourth-order valence-electron chi connectivity index (χ4n) is 1.87. The molecule has 0 aromatic heterocycles. The standard InChI is InChI=1S/C12H26N4.HI/c1-4-10(2)15-12(13)14-9-11-5-7-16(3)8-6-11;/h10-11H,4-9H2,1-3H3,(H3,13,14,15);1H. The fourth-order valence-corrected chi connectivity index (χ4v) is 1.87. The molecule has 0 bridgehead atoms. The van der Waals surface area contributed by atoms with Crippen molar-refractivity contribution in [1.82, 2.24) is 10.2 Å². The van der Waals surface area contributed by atoms with Gasteiger partial charge in [0.25, 0.3) is 0 Å². The molecule has 1 aliphatic rings. The average molecular weight is 354 g/mol. The first kappa shape index (κ1) is 17.0. The first-order valence-corrected chi connectivity index (χ1v) is 6.36. The van der Waals surface area contributed by atoms with Crippen molar-refractivity contribution in [2.24, 2.45) is 16.6 Å². The van der Waals surface area contributed by atoms with Crippen molar-refractivity contribution in [2.75, 3.05) is 26.7 Å². The molecule has 0 saturated carbocycles. The number of halogens is 1. The van der Waals surface area contributed by atoms with E-state index in [2.05, 4.69) is 36.1 Å². The first-order valence-electron chi connectivity index (χ1n) is 6.36. The summed E-state index contributed by atoms with van der Waals surface area (Å²) in [5, 5.41) is 3.20. The van der Waals surface area contributed by atoms with Crippen molar-refractivity contribution in [3.05, 3.63) is 0 Å². The van der Waals surface area contributed by atoms with Gasteiger partial charge in [-0.15, -0.1) is 24.0 Å². The van der Waals surface area contributed by atoms with Crippen LogP contribution in [-0.2, 0) is 0 Å². The molecule has 4 nitrogen and oxygen atoms in total. The van der Waals surface area contributed by atoms with Crippen molar-refractivity contribution in [3.63, 3.8) is 0 Å². The minimum atomic E-state index is 0. The van der Waals surface area contributed by atoms with Crippen LogP contribution in [0.3, 0.4) is 0 Å². The van der Waals surface area contributed by atoms with Crippen LogP contribution >= 0.6 is 24.0 Å². The molecule has 1 heterocycles. The van der Waals surface area contributed by atoms with E-state index in [1.165, 1.54) is 25.9 Å². The Morgan fingerprint density at radius 1 is 1.47 bits per heavy atom. The van der Waals surface area contributed by atoms with Gasteiger partial charge >= 0.3 is 0 Å². The number of aliphatic imine (C=N–C) groups is 1. The highest BCUT2D eigenvalue weighted by Crippen LogP contribution is 2.15. The average Bonchev–Trinajstić information content (AvgIpc) is 2.28. The summed E-state index contributed by atoms with van der Waals surface area (Å²) in [5.41, 5.74) is 5.82. The summed E-state index contributed by atoms with van der Waals surface area (Å²) in [6.45, 7) is 7.53. The van der Waals surface area contributed by atoms with Gasteiger partial charge in [0, 0.05) is 12.6 Å². The smallest absolute Gasteiger partial charge is 0.188 e. The molecule has 0 aliphatic carbocycles. The van der Waals surface area contributed by atoms with E-state index >= 15 is 0 Å². The summed E-state index contributed by atoms with van der Waals surface area (Å²) in [4.78, 5) is 6.80. The number of likely N-dealkylation sites (tertiary alicyclic amines) is 1. The highest BCUT2D eigenvalue weighted by atomic mass is 127. The minimum absolute atomic E-state index is 0. The lowest BCUT2D eigenvalue weighted by molar-refractivity contribution is 0.223. The van der Waals surface area contributed by atoms with E-state index in [9.17, 15) is 0 Å². The lowest BCUT2D eigenvalue weighted by Gasteiger charge is -2.27. The highest BCUT2D eigenvalue weighted by molar-refractivity contribution is 14.0. The normalized spacial score (nSPS) is 20.8. The summed E-state index contributed by atoms with van der Waals surface area (Å²) in [7, 11) is 2.18. The maximum atomic E-state index is 5.82. The summed E-state index contributed by atoms with van der Waals surface area (Å²) in [6, 6.07) is 0.418. The van der Waals surface area contributed by atoms with Gasteiger partial charge in [-0.05, 0) is 52.2 Å². The van der Waals surface area contributed by atoms with Crippen LogP contribution in [0.1, 0.15) is 33.1 Å². The van der Waals surface area contributed by atoms with Gasteiger partial charge in [0.05, 0.1) is 0 Å². The van der Waals surface area contributed by atoms with Crippen LogP contribution in [0, 0.1) is 5.92 Å². The molecule has 3 N–H and O–H groups in total. The molecule has 1 rings (SSSR count). The number of guanidine groups is 1. The summed E-state index contributed by atoms with van der Waals surface area (Å²) in [5.74, 6) is 1.32. The second kappa shape index (κ2) is 8.97. The molecule has 0 amide bonds. The number of nitrogens with two attached hydrogens (primary N) is 1. The van der Waals surface area contributed by atoms with Crippen LogP contribution in [0.5, 0.6) is 0 Å². The van der Waals surface area contributed by atoms with E-state index in [0.29, 0.717) is 17.9 Å². The van der Waals surface area contributed by atoms with Crippen molar-refractivity contribution in [2.45, 2.75) is 39.2 Å². The molecule has 0 aromatic carbocycles. The Morgan fingerprint density at radius 3 is 2.59 bits per heavy atom. The van der Waals surface area contributed by atoms with Crippen LogP contribution in [0.2, 0.25) is 0 Å². The zero-order valence-electron chi connectivity index (χ0n) is 11.3. The molecule has 17 heavy (non-hydrogen) atoms. The summed E-state index contributed by atoms with van der Waals surface area (Å²) >= 11 is 0. The third kappa shape index (κ3) is 7.08. The van der Waals surface area contributed by atoms with Gasteiger partial charge < -0.3 is 16.0 Å². The first-order chi connectivity index (χ1) is 7.61. The van der Waals surface area contributed by atoms with Crippen LogP contribution in [0.15, 0.2) is 4.99 Å². The molecule has 102 valence electrons. The highest BCUT2D eigenvalue weighted by Gasteiger charge is 2.15. The van der Waals surface area contributed by atoms with E-state index in [4.69, 9.17) is 5.73 Å². The second-order valence-electron chi connectivity index (χ2n) is 4.93. The molecule has 1 atom stereocenters. The third-order valence-electron chi connectivity index (χ3n) is 3.36. The number of piperidine rings is 1. The lowest BCUT2D eigenvalue weighted by atomic mass is 9.97. The minimum Gasteiger partial charge on any atom is -0.370 e. The Hall–Kier alpha value is -0.0400. The SMILES string of the molecule is CCC(C)NC(N)=NCC1CCN(C)CC1.I. The number of hydrogen-bond acceptors (Lipinski definition) is 2. The van der Waals surface area contributed by atoms with E-state index < -0.39 is 0 Å². The molecule has 1 fully saturated rings. The van der Waals surface area contributed by atoms with Crippen LogP contribution in [-0.4, -0.2) is 43.6 Å². The Balaban J connectivity index is 0.00000256. The topological polar surface area (TPSA) is 53.6 Å². The molecule has 0 aromatic rings. The second-order valence-corrected chi connectivity index (χ2v) is 4.93. The molecule has 5 heteroatoms. The number of hydrogen-bond donors (Lipinski definition) is 2. The van der Waals surface area contributed by atoms with Gasteiger partial charge in [0.2, 0.25) is 0 Å². The number of nitrogens with one attached hydrogen (secondary N) is 1. The Morgan fingerprint density at radius 2 is 2.06 bits per heavy atom. The predicted octanol–water partition coefficient (Wildman–Crippen LogP) is 1.65. The molecule has 1 saturated heterocycles. The van der Waals surface area contributed by atoms with Crippen LogP contribution in [0.25, 0.3) is 0 Å². The monoisotopic (exact) mass is 354 g/mol. The van der Waals surface area contributed by atoms with E-state index in [1.54, 1.807) is 0 Å². The summed E-state index contributed by atoms with van der Waals surface area (Å²) < 4.78 is 0. The van der Waals surface area contributed by atoms with E-state index in [1.807, 2.05) is 0 Å². The molecule has 1 aliphatic heterocycles. The van der Waals surface area contributed by atoms with Crippen LogP contribution in [0.4, 0.5) is 0 Å². The maximum absolute atomic E-state index is 5.82. The zero-order chi connectivity index (χ0) is 12.0. The van der Waals surface area contributed by atoms with Gasteiger partial charge in [0.1, 0.15) is 0 Å². The van der Waals surface area contributed by atoms with Crippen molar-refractivity contribution in [1.29, 1.82) is 0 Å². The zero-order valence-corrected chi connectivity index (χ0v) is 13.6.